The molecule has 30 heavy (non-hydrogen) atoms. The Hall–Kier alpha value is -3.13. The van der Waals surface area contributed by atoms with E-state index in [1.807, 2.05) is 30.3 Å². The van der Waals surface area contributed by atoms with E-state index in [0.717, 1.165) is 11.6 Å². The van der Waals surface area contributed by atoms with Gasteiger partial charge in [0.15, 0.2) is 5.76 Å². The predicted octanol–water partition coefficient (Wildman–Crippen LogP) is 4.32. The van der Waals surface area contributed by atoms with Gasteiger partial charge in [-0.2, -0.15) is 13.2 Å². The summed E-state index contributed by atoms with van der Waals surface area (Å²) in [7, 11) is 0. The average molecular weight is 415 g/mol. The fraction of sp³-hybridized carbons (Fsp3) is 0.273. The SMILES string of the molecule is O=C(c1ccccc1C(F)(F)F)N1CCN(Cc2ncc(-c3ccccc3)o2)CC1. The van der Waals surface area contributed by atoms with Gasteiger partial charge in [-0.3, -0.25) is 9.69 Å². The van der Waals surface area contributed by atoms with Crippen LogP contribution in [0.4, 0.5) is 13.2 Å². The van der Waals surface area contributed by atoms with Crippen LogP contribution in [0.1, 0.15) is 21.8 Å². The van der Waals surface area contributed by atoms with Crippen LogP contribution in [0.15, 0.2) is 65.2 Å². The summed E-state index contributed by atoms with van der Waals surface area (Å²) in [4.78, 5) is 20.5. The van der Waals surface area contributed by atoms with Gasteiger partial charge in [-0.05, 0) is 12.1 Å². The minimum atomic E-state index is -4.56. The van der Waals surface area contributed by atoms with Gasteiger partial charge in [0.25, 0.3) is 5.91 Å². The van der Waals surface area contributed by atoms with Crippen LogP contribution in [0.25, 0.3) is 11.3 Å². The van der Waals surface area contributed by atoms with E-state index in [9.17, 15) is 18.0 Å². The first kappa shape index (κ1) is 20.2. The summed E-state index contributed by atoms with van der Waals surface area (Å²) in [5.74, 6) is 0.657. The van der Waals surface area contributed by atoms with Gasteiger partial charge in [0.2, 0.25) is 5.89 Å². The van der Waals surface area contributed by atoms with Crippen molar-refractivity contribution in [1.29, 1.82) is 0 Å². The molecule has 4 rings (SSSR count). The highest BCUT2D eigenvalue weighted by Gasteiger charge is 2.36. The number of oxazole rings is 1. The van der Waals surface area contributed by atoms with E-state index in [2.05, 4.69) is 9.88 Å². The monoisotopic (exact) mass is 415 g/mol. The predicted molar refractivity (Wildman–Crippen MR) is 105 cm³/mol. The first-order valence-electron chi connectivity index (χ1n) is 9.60. The van der Waals surface area contributed by atoms with E-state index in [1.165, 1.54) is 23.1 Å². The van der Waals surface area contributed by atoms with E-state index in [4.69, 9.17) is 4.42 Å². The third-order valence-electron chi connectivity index (χ3n) is 5.09. The first-order chi connectivity index (χ1) is 14.4. The Kier molecular flexibility index (Phi) is 5.59. The van der Waals surface area contributed by atoms with Gasteiger partial charge in [0.05, 0.1) is 23.9 Å². The van der Waals surface area contributed by atoms with Crippen molar-refractivity contribution in [2.75, 3.05) is 26.2 Å². The summed E-state index contributed by atoms with van der Waals surface area (Å²) in [5.41, 5.74) is -0.265. The zero-order valence-electron chi connectivity index (χ0n) is 16.1. The van der Waals surface area contributed by atoms with Gasteiger partial charge in [0.1, 0.15) is 0 Å². The lowest BCUT2D eigenvalue weighted by Crippen LogP contribution is -2.48. The molecule has 1 fully saturated rings. The van der Waals surface area contributed by atoms with Crippen molar-refractivity contribution in [3.63, 3.8) is 0 Å². The van der Waals surface area contributed by atoms with E-state index in [-0.39, 0.29) is 5.56 Å². The fourth-order valence-electron chi connectivity index (χ4n) is 3.51. The van der Waals surface area contributed by atoms with Crippen molar-refractivity contribution < 1.29 is 22.4 Å². The molecule has 1 aliphatic heterocycles. The van der Waals surface area contributed by atoms with Crippen LogP contribution < -0.4 is 0 Å². The summed E-state index contributed by atoms with van der Waals surface area (Å²) in [5, 5.41) is 0. The summed E-state index contributed by atoms with van der Waals surface area (Å²) in [6.45, 7) is 2.23. The van der Waals surface area contributed by atoms with E-state index < -0.39 is 17.6 Å². The third kappa shape index (κ3) is 4.38. The molecule has 3 aromatic rings. The number of nitrogens with zero attached hydrogens (tertiary/aromatic N) is 3. The smallest absolute Gasteiger partial charge is 0.417 e. The second kappa shape index (κ2) is 8.31. The number of benzene rings is 2. The lowest BCUT2D eigenvalue weighted by Gasteiger charge is -2.34. The van der Waals surface area contributed by atoms with Crippen molar-refractivity contribution in [3.05, 3.63) is 77.8 Å². The Morgan fingerprint density at radius 3 is 2.33 bits per heavy atom. The topological polar surface area (TPSA) is 49.6 Å². The van der Waals surface area contributed by atoms with Gasteiger partial charge < -0.3 is 9.32 Å². The van der Waals surface area contributed by atoms with Crippen molar-refractivity contribution >= 4 is 5.91 Å². The molecule has 8 heteroatoms. The molecule has 2 aromatic carbocycles. The minimum absolute atomic E-state index is 0.307. The quantitative estimate of drug-likeness (QED) is 0.637. The zero-order chi connectivity index (χ0) is 21.1. The number of aromatic nitrogens is 1. The molecule has 0 saturated carbocycles. The fourth-order valence-corrected chi connectivity index (χ4v) is 3.51. The third-order valence-corrected chi connectivity index (χ3v) is 5.09. The molecular weight excluding hydrogens is 395 g/mol. The Labute approximate surface area is 171 Å². The number of piperazine rings is 1. The van der Waals surface area contributed by atoms with Crippen molar-refractivity contribution in [2.24, 2.45) is 0 Å². The molecule has 0 radical (unpaired) electrons. The van der Waals surface area contributed by atoms with E-state index >= 15 is 0 Å². The van der Waals surface area contributed by atoms with Crippen LogP contribution in [0.5, 0.6) is 0 Å². The first-order valence-corrected chi connectivity index (χ1v) is 9.60. The van der Waals surface area contributed by atoms with Gasteiger partial charge in [-0.15, -0.1) is 0 Å². The lowest BCUT2D eigenvalue weighted by molar-refractivity contribution is -0.138. The van der Waals surface area contributed by atoms with Crippen LogP contribution in [-0.4, -0.2) is 46.9 Å². The number of amides is 1. The molecule has 156 valence electrons. The van der Waals surface area contributed by atoms with Crippen molar-refractivity contribution in [3.8, 4) is 11.3 Å². The Bertz CT molecular complexity index is 1010. The molecule has 0 unspecified atom stereocenters. The standard InChI is InChI=1S/C22H20F3N3O2/c23-22(24,25)18-9-5-4-8-17(18)21(29)28-12-10-27(11-13-28)15-20-26-14-19(30-20)16-6-2-1-3-7-16/h1-9,14H,10-13,15H2. The molecular formula is C22H20F3N3O2. The average Bonchev–Trinajstić information content (AvgIpc) is 3.22. The van der Waals surface area contributed by atoms with Crippen LogP contribution in [0.3, 0.4) is 0 Å². The maximum absolute atomic E-state index is 13.2. The second-order valence-corrected chi connectivity index (χ2v) is 7.10. The number of hydrogen-bond acceptors (Lipinski definition) is 4. The number of carbonyl (C=O) groups is 1. The number of halogens is 3. The molecule has 0 aliphatic carbocycles. The Balaban J connectivity index is 1.37. The maximum Gasteiger partial charge on any atom is 0.417 e. The largest absolute Gasteiger partial charge is 0.439 e. The second-order valence-electron chi connectivity index (χ2n) is 7.10. The molecule has 1 amide bonds. The normalized spacial score (nSPS) is 15.4. The van der Waals surface area contributed by atoms with Crippen LogP contribution in [0, 0.1) is 0 Å². The molecule has 2 heterocycles. The summed E-state index contributed by atoms with van der Waals surface area (Å²) in [6.07, 6.45) is -2.88. The number of carbonyl (C=O) groups excluding carboxylic acids is 1. The minimum Gasteiger partial charge on any atom is -0.439 e. The van der Waals surface area contributed by atoms with Gasteiger partial charge in [0, 0.05) is 31.7 Å². The number of hydrogen-bond donors (Lipinski definition) is 0. The highest BCUT2D eigenvalue weighted by atomic mass is 19.4. The Morgan fingerprint density at radius 1 is 0.967 bits per heavy atom. The molecule has 0 N–H and O–H groups in total. The molecule has 0 spiro atoms. The van der Waals surface area contributed by atoms with Crippen molar-refractivity contribution in [2.45, 2.75) is 12.7 Å². The van der Waals surface area contributed by atoms with Crippen LogP contribution in [-0.2, 0) is 12.7 Å². The highest BCUT2D eigenvalue weighted by molar-refractivity contribution is 5.96. The molecule has 5 nitrogen and oxygen atoms in total. The van der Waals surface area contributed by atoms with E-state index in [0.29, 0.717) is 44.4 Å². The molecule has 1 aromatic heterocycles. The molecule has 1 saturated heterocycles. The summed E-state index contributed by atoms with van der Waals surface area (Å²) >= 11 is 0. The zero-order valence-corrected chi connectivity index (χ0v) is 16.1. The van der Waals surface area contributed by atoms with Gasteiger partial charge >= 0.3 is 6.18 Å². The number of alkyl halides is 3. The van der Waals surface area contributed by atoms with Crippen LogP contribution >= 0.6 is 0 Å². The molecule has 0 atom stereocenters. The van der Waals surface area contributed by atoms with Crippen molar-refractivity contribution in [1.82, 2.24) is 14.8 Å². The maximum atomic E-state index is 13.2. The van der Waals surface area contributed by atoms with E-state index in [1.54, 1.807) is 6.20 Å². The molecule has 1 aliphatic rings. The lowest BCUT2D eigenvalue weighted by atomic mass is 10.1. The summed E-state index contributed by atoms with van der Waals surface area (Å²) < 4.78 is 45.4. The number of rotatable bonds is 4. The Morgan fingerprint density at radius 2 is 1.63 bits per heavy atom. The highest BCUT2D eigenvalue weighted by Crippen LogP contribution is 2.32. The van der Waals surface area contributed by atoms with Gasteiger partial charge in [-0.1, -0.05) is 42.5 Å². The molecule has 0 bridgehead atoms. The van der Waals surface area contributed by atoms with Gasteiger partial charge in [-0.25, -0.2) is 4.98 Å². The van der Waals surface area contributed by atoms with Crippen LogP contribution in [0.2, 0.25) is 0 Å². The summed E-state index contributed by atoms with van der Waals surface area (Å²) in [6, 6.07) is 14.6.